The lowest BCUT2D eigenvalue weighted by Gasteiger charge is -2.06. The van der Waals surface area contributed by atoms with Gasteiger partial charge in [0.05, 0.1) is 22.8 Å². The Labute approximate surface area is 166 Å². The first kappa shape index (κ1) is 17.0. The van der Waals surface area contributed by atoms with Crippen LogP contribution in [0.2, 0.25) is 0 Å². The molecule has 0 atom stereocenters. The number of aryl methyl sites for hydroxylation is 1. The first-order valence-electron chi connectivity index (χ1n) is 9.08. The van der Waals surface area contributed by atoms with Gasteiger partial charge in [-0.25, -0.2) is 9.97 Å². The molecule has 0 bridgehead atoms. The maximum atomic E-state index is 12.6. The summed E-state index contributed by atoms with van der Waals surface area (Å²) in [6, 6.07) is 15.4. The van der Waals surface area contributed by atoms with Crippen molar-refractivity contribution in [2.24, 2.45) is 7.05 Å². The van der Waals surface area contributed by atoms with E-state index in [9.17, 15) is 4.79 Å². The highest BCUT2D eigenvalue weighted by atomic mass is 16.1. The predicted molar refractivity (Wildman–Crippen MR) is 111 cm³/mol. The van der Waals surface area contributed by atoms with Crippen LogP contribution in [-0.2, 0) is 7.05 Å². The third-order valence-corrected chi connectivity index (χ3v) is 4.70. The van der Waals surface area contributed by atoms with Crippen molar-refractivity contribution >= 4 is 33.7 Å². The lowest BCUT2D eigenvalue weighted by Crippen LogP contribution is -2.14. The highest BCUT2D eigenvalue weighted by molar-refractivity contribution is 6.05. The van der Waals surface area contributed by atoms with E-state index in [0.29, 0.717) is 5.56 Å². The van der Waals surface area contributed by atoms with Crippen molar-refractivity contribution in [1.82, 2.24) is 24.7 Å². The van der Waals surface area contributed by atoms with Crippen molar-refractivity contribution < 1.29 is 4.79 Å². The summed E-state index contributed by atoms with van der Waals surface area (Å²) in [6.07, 6.45) is 7.00. The van der Waals surface area contributed by atoms with Crippen molar-refractivity contribution in [2.45, 2.75) is 0 Å². The van der Waals surface area contributed by atoms with Gasteiger partial charge in [-0.05, 0) is 23.8 Å². The number of hydrogen-bond acceptors (Lipinski definition) is 5. The van der Waals surface area contributed by atoms with E-state index in [-0.39, 0.29) is 11.9 Å². The van der Waals surface area contributed by atoms with E-state index in [1.165, 1.54) is 0 Å². The van der Waals surface area contributed by atoms with Crippen molar-refractivity contribution in [3.05, 3.63) is 78.9 Å². The van der Waals surface area contributed by atoms with Crippen LogP contribution in [0.15, 0.2) is 73.3 Å². The highest BCUT2D eigenvalue weighted by Crippen LogP contribution is 2.23. The summed E-state index contributed by atoms with van der Waals surface area (Å²) in [6.45, 7) is 0. The topological polar surface area (TPSA) is 85.6 Å². The largest absolute Gasteiger partial charge is 0.290 e. The van der Waals surface area contributed by atoms with Gasteiger partial charge < -0.3 is 0 Å². The number of nitrogens with one attached hydrogen (secondary N) is 1. The maximum absolute atomic E-state index is 12.6. The normalized spacial score (nSPS) is 11.1. The minimum absolute atomic E-state index is 0.249. The lowest BCUT2D eigenvalue weighted by molar-refractivity contribution is 0.102. The minimum Gasteiger partial charge on any atom is -0.290 e. The Morgan fingerprint density at radius 1 is 0.897 bits per heavy atom. The second-order valence-electron chi connectivity index (χ2n) is 6.74. The van der Waals surface area contributed by atoms with Crippen molar-refractivity contribution in [3.8, 4) is 11.1 Å². The number of benzene rings is 2. The molecule has 1 N–H and O–H groups in total. The fourth-order valence-electron chi connectivity index (χ4n) is 3.20. The number of carbonyl (C=O) groups excluding carboxylic acids is 1. The molecule has 7 nitrogen and oxygen atoms in total. The Hall–Kier alpha value is -4.13. The Morgan fingerprint density at radius 2 is 1.79 bits per heavy atom. The van der Waals surface area contributed by atoms with Gasteiger partial charge in [-0.15, -0.1) is 0 Å². The monoisotopic (exact) mass is 380 g/mol. The number of hydrogen-bond donors (Lipinski definition) is 1. The highest BCUT2D eigenvalue weighted by Gasteiger charge is 2.11. The average Bonchev–Trinajstić information content (AvgIpc) is 3.19. The molecule has 0 aliphatic heterocycles. The molecule has 0 unspecified atom stereocenters. The SMILES string of the molecule is Cn1cc(-c2ccc3cnc(NC(=O)c4cnc5ccccc5c4)nc3c2)cn1. The van der Waals surface area contributed by atoms with Gasteiger partial charge in [-0.2, -0.15) is 5.10 Å². The van der Waals surface area contributed by atoms with Gasteiger partial charge in [-0.3, -0.25) is 19.8 Å². The lowest BCUT2D eigenvalue weighted by atomic mass is 10.1. The Bertz CT molecular complexity index is 1370. The molecule has 29 heavy (non-hydrogen) atoms. The zero-order valence-electron chi connectivity index (χ0n) is 15.6. The molecule has 3 heterocycles. The van der Waals surface area contributed by atoms with Gasteiger partial charge in [0.1, 0.15) is 0 Å². The molecule has 2 aromatic carbocycles. The van der Waals surface area contributed by atoms with Crippen LogP contribution in [0.25, 0.3) is 32.9 Å². The standard InChI is InChI=1S/C22H16N6O/c1-28-13-18(12-25-28)14-6-7-16-10-24-22(26-20(16)9-14)27-21(29)17-8-15-4-2-3-5-19(15)23-11-17/h2-13H,1H3,(H,24,26,27,29). The number of carbonyl (C=O) groups is 1. The number of pyridine rings is 1. The van der Waals surface area contributed by atoms with E-state index in [0.717, 1.165) is 32.9 Å². The van der Waals surface area contributed by atoms with E-state index in [1.54, 1.807) is 29.3 Å². The van der Waals surface area contributed by atoms with Gasteiger partial charge in [0.15, 0.2) is 0 Å². The number of anilines is 1. The van der Waals surface area contributed by atoms with E-state index in [4.69, 9.17) is 0 Å². The van der Waals surface area contributed by atoms with Crippen LogP contribution in [0.4, 0.5) is 5.95 Å². The second-order valence-corrected chi connectivity index (χ2v) is 6.74. The van der Waals surface area contributed by atoms with Crippen LogP contribution < -0.4 is 5.32 Å². The Kier molecular flexibility index (Phi) is 3.98. The fourth-order valence-corrected chi connectivity index (χ4v) is 3.20. The Morgan fingerprint density at radius 3 is 2.66 bits per heavy atom. The zero-order valence-corrected chi connectivity index (χ0v) is 15.6. The van der Waals surface area contributed by atoms with Crippen molar-refractivity contribution in [1.29, 1.82) is 0 Å². The van der Waals surface area contributed by atoms with Crippen LogP contribution in [0, 0.1) is 0 Å². The minimum atomic E-state index is -0.300. The van der Waals surface area contributed by atoms with Gasteiger partial charge >= 0.3 is 0 Å². The third kappa shape index (κ3) is 3.29. The van der Waals surface area contributed by atoms with Crippen molar-refractivity contribution in [3.63, 3.8) is 0 Å². The van der Waals surface area contributed by atoms with Crippen LogP contribution in [0.5, 0.6) is 0 Å². The zero-order chi connectivity index (χ0) is 19.8. The molecule has 0 aliphatic rings. The summed E-state index contributed by atoms with van der Waals surface area (Å²) in [5.74, 6) is -0.0509. The molecular weight excluding hydrogens is 364 g/mol. The summed E-state index contributed by atoms with van der Waals surface area (Å²) < 4.78 is 1.75. The molecule has 0 aliphatic carbocycles. The summed E-state index contributed by atoms with van der Waals surface area (Å²) in [4.78, 5) is 25.7. The number of aromatic nitrogens is 5. The molecule has 0 saturated carbocycles. The summed E-state index contributed by atoms with van der Waals surface area (Å²) in [5.41, 5.74) is 4.04. The van der Waals surface area contributed by atoms with Gasteiger partial charge in [0.2, 0.25) is 5.95 Å². The molecule has 3 aromatic heterocycles. The molecule has 5 rings (SSSR count). The van der Waals surface area contributed by atoms with Crippen LogP contribution in [0.3, 0.4) is 0 Å². The number of fused-ring (bicyclic) bond motifs is 2. The summed E-state index contributed by atoms with van der Waals surface area (Å²) in [7, 11) is 1.88. The number of nitrogens with zero attached hydrogens (tertiary/aromatic N) is 5. The summed E-state index contributed by atoms with van der Waals surface area (Å²) in [5, 5.41) is 8.76. The first-order chi connectivity index (χ1) is 14.2. The van der Waals surface area contributed by atoms with Crippen LogP contribution in [-0.4, -0.2) is 30.6 Å². The van der Waals surface area contributed by atoms with Crippen LogP contribution in [0.1, 0.15) is 10.4 Å². The van der Waals surface area contributed by atoms with E-state index in [1.807, 2.05) is 55.7 Å². The molecule has 0 spiro atoms. The quantitative estimate of drug-likeness (QED) is 0.514. The van der Waals surface area contributed by atoms with Crippen molar-refractivity contribution in [2.75, 3.05) is 5.32 Å². The van der Waals surface area contributed by atoms with Gasteiger partial charge in [0.25, 0.3) is 5.91 Å². The molecule has 0 saturated heterocycles. The number of rotatable bonds is 3. The molecule has 0 radical (unpaired) electrons. The third-order valence-electron chi connectivity index (χ3n) is 4.70. The smallest absolute Gasteiger partial charge is 0.259 e. The molecule has 0 fully saturated rings. The molecular formula is C22H16N6O. The fraction of sp³-hybridized carbons (Fsp3) is 0.0455. The molecule has 7 heteroatoms. The first-order valence-corrected chi connectivity index (χ1v) is 9.08. The maximum Gasteiger partial charge on any atom is 0.259 e. The van der Waals surface area contributed by atoms with Gasteiger partial charge in [0, 0.05) is 42.0 Å². The van der Waals surface area contributed by atoms with Crippen LogP contribution >= 0.6 is 0 Å². The van der Waals surface area contributed by atoms with E-state index in [2.05, 4.69) is 25.4 Å². The van der Waals surface area contributed by atoms with E-state index < -0.39 is 0 Å². The molecule has 140 valence electrons. The summed E-state index contributed by atoms with van der Waals surface area (Å²) >= 11 is 0. The molecule has 5 aromatic rings. The predicted octanol–water partition coefficient (Wildman–Crippen LogP) is 3.83. The number of para-hydroxylation sites is 1. The number of amides is 1. The Balaban J connectivity index is 1.45. The molecule has 1 amide bonds. The van der Waals surface area contributed by atoms with E-state index >= 15 is 0 Å². The van der Waals surface area contributed by atoms with Gasteiger partial charge in [-0.1, -0.05) is 30.3 Å². The second kappa shape index (κ2) is 6.79. The average molecular weight is 380 g/mol.